The van der Waals surface area contributed by atoms with Crippen LogP contribution < -0.4 is 5.32 Å². The van der Waals surface area contributed by atoms with Crippen molar-refractivity contribution < 1.29 is 29.0 Å². The number of amides is 2. The minimum Gasteiger partial charge on any atom is -0.480 e. The molecule has 216 valence electrons. The maximum Gasteiger partial charge on any atom is 0.408 e. The molecule has 8 heteroatoms. The van der Waals surface area contributed by atoms with Crippen LogP contribution in [0.25, 0.3) is 11.1 Å². The van der Waals surface area contributed by atoms with Crippen molar-refractivity contribution >= 4 is 18.0 Å². The Morgan fingerprint density at radius 2 is 1.73 bits per heavy atom. The molecule has 1 saturated heterocycles. The number of rotatable bonds is 12. The van der Waals surface area contributed by atoms with Crippen LogP contribution >= 0.6 is 0 Å². The number of nitrogens with zero attached hydrogens (tertiary/aromatic N) is 1. The molecular formula is C32H42N2O6. The van der Waals surface area contributed by atoms with Crippen molar-refractivity contribution in [2.75, 3.05) is 13.7 Å². The Morgan fingerprint density at radius 3 is 2.30 bits per heavy atom. The van der Waals surface area contributed by atoms with E-state index in [0.717, 1.165) is 36.0 Å². The van der Waals surface area contributed by atoms with Gasteiger partial charge >= 0.3 is 12.1 Å². The number of unbranched alkanes of at least 4 members (excludes halogenated alkanes) is 3. The molecule has 0 aromatic heterocycles. The highest BCUT2D eigenvalue weighted by Gasteiger charge is 2.51. The van der Waals surface area contributed by atoms with E-state index >= 15 is 0 Å². The van der Waals surface area contributed by atoms with Gasteiger partial charge in [-0.2, -0.15) is 0 Å². The van der Waals surface area contributed by atoms with Gasteiger partial charge < -0.3 is 24.8 Å². The molecule has 0 saturated carbocycles. The van der Waals surface area contributed by atoms with Crippen LogP contribution in [0.2, 0.25) is 0 Å². The number of carbonyl (C=O) groups is 3. The lowest BCUT2D eigenvalue weighted by atomic mass is 9.89. The summed E-state index contributed by atoms with van der Waals surface area (Å²) < 4.78 is 11.4. The second kappa shape index (κ2) is 13.6. The standard InChI is InChI=1S/C32H42N2O6/c1-6-7-8-9-13-16-26(33-30(38)40-31(2,3)4)28(35)34-22-32(39-5,21-27(34)29(36)37)25-19-17-24(18-20-25)23-14-11-10-12-15-23/h6,10-12,14-15,17-20,26-27H,1,7-9,13,16,21-22H2,2-5H3,(H,33,38)(H,36,37)/t26?,27-,32-/m0/s1. The summed E-state index contributed by atoms with van der Waals surface area (Å²) in [5, 5.41) is 12.8. The summed E-state index contributed by atoms with van der Waals surface area (Å²) in [6.07, 6.45) is 4.91. The Bertz CT molecular complexity index is 1160. The first kappa shape index (κ1) is 30.9. The van der Waals surface area contributed by atoms with Crippen LogP contribution in [0.1, 0.15) is 64.9 Å². The van der Waals surface area contributed by atoms with E-state index in [-0.39, 0.29) is 13.0 Å². The summed E-state index contributed by atoms with van der Waals surface area (Å²) in [7, 11) is 1.54. The predicted octanol–water partition coefficient (Wildman–Crippen LogP) is 5.91. The monoisotopic (exact) mass is 550 g/mol. The van der Waals surface area contributed by atoms with E-state index in [2.05, 4.69) is 11.9 Å². The number of carboxylic acids is 1. The van der Waals surface area contributed by atoms with Gasteiger partial charge in [0.05, 0.1) is 6.54 Å². The molecule has 0 bridgehead atoms. The van der Waals surface area contributed by atoms with Crippen molar-refractivity contribution in [2.45, 2.75) is 82.6 Å². The van der Waals surface area contributed by atoms with Gasteiger partial charge in [0, 0.05) is 13.5 Å². The molecule has 8 nitrogen and oxygen atoms in total. The number of methoxy groups -OCH3 is 1. The molecule has 0 aliphatic carbocycles. The topological polar surface area (TPSA) is 105 Å². The second-order valence-electron chi connectivity index (χ2n) is 11.3. The maximum atomic E-state index is 13.9. The van der Waals surface area contributed by atoms with Crippen molar-refractivity contribution in [1.29, 1.82) is 0 Å². The van der Waals surface area contributed by atoms with Gasteiger partial charge in [-0.1, -0.05) is 73.5 Å². The molecule has 1 aliphatic rings. The Hall–Kier alpha value is -3.65. The number of hydrogen-bond donors (Lipinski definition) is 2. The Balaban J connectivity index is 1.85. The predicted molar refractivity (Wildman–Crippen MR) is 155 cm³/mol. The molecule has 3 rings (SSSR count). The van der Waals surface area contributed by atoms with E-state index in [4.69, 9.17) is 9.47 Å². The SMILES string of the molecule is C=CCCCCCC(NC(=O)OC(C)(C)C)C(=O)N1C[C@](OC)(c2ccc(-c3ccccc3)cc2)C[C@H]1C(=O)O. The summed E-state index contributed by atoms with van der Waals surface area (Å²) in [6, 6.07) is 15.7. The minimum atomic E-state index is -1.12. The van der Waals surface area contributed by atoms with Gasteiger partial charge in [0.25, 0.3) is 0 Å². The first-order valence-electron chi connectivity index (χ1n) is 13.8. The van der Waals surface area contributed by atoms with Crippen LogP contribution in [0.15, 0.2) is 67.3 Å². The Kier molecular flexibility index (Phi) is 10.5. The number of benzene rings is 2. The van der Waals surface area contributed by atoms with Gasteiger partial charge in [-0.3, -0.25) is 4.79 Å². The molecule has 2 aromatic carbocycles. The average Bonchev–Trinajstić information content (AvgIpc) is 3.33. The zero-order chi connectivity index (χ0) is 29.3. The van der Waals surface area contributed by atoms with Crippen molar-refractivity contribution in [3.05, 3.63) is 72.8 Å². The zero-order valence-electron chi connectivity index (χ0n) is 24.0. The molecule has 3 atom stereocenters. The molecular weight excluding hydrogens is 508 g/mol. The van der Waals surface area contributed by atoms with Crippen LogP contribution in [0.5, 0.6) is 0 Å². The quantitative estimate of drug-likeness (QED) is 0.251. The number of aliphatic carboxylic acids is 1. The van der Waals surface area contributed by atoms with Crippen LogP contribution in [0.4, 0.5) is 4.79 Å². The minimum absolute atomic E-state index is 0.0486. The molecule has 1 fully saturated rings. The van der Waals surface area contributed by atoms with E-state index in [1.165, 1.54) is 12.0 Å². The molecule has 1 unspecified atom stereocenters. The normalized spacial score (nSPS) is 19.6. The highest BCUT2D eigenvalue weighted by molar-refractivity contribution is 5.90. The molecule has 0 radical (unpaired) electrons. The molecule has 1 heterocycles. The third-order valence-electron chi connectivity index (χ3n) is 7.19. The number of ether oxygens (including phenoxy) is 2. The fourth-order valence-electron chi connectivity index (χ4n) is 5.12. The van der Waals surface area contributed by atoms with E-state index in [9.17, 15) is 19.5 Å². The third kappa shape index (κ3) is 7.94. The van der Waals surface area contributed by atoms with Gasteiger partial charge in [0.1, 0.15) is 23.3 Å². The molecule has 0 spiro atoms. The molecule has 2 N–H and O–H groups in total. The van der Waals surface area contributed by atoms with Gasteiger partial charge in [0.2, 0.25) is 5.91 Å². The van der Waals surface area contributed by atoms with Gasteiger partial charge in [0.15, 0.2) is 0 Å². The van der Waals surface area contributed by atoms with E-state index in [1.807, 2.05) is 60.7 Å². The van der Waals surface area contributed by atoms with Gasteiger partial charge in [-0.05, 0) is 56.7 Å². The van der Waals surface area contributed by atoms with E-state index < -0.39 is 41.3 Å². The number of likely N-dealkylation sites (tertiary alicyclic amines) is 1. The third-order valence-corrected chi connectivity index (χ3v) is 7.19. The van der Waals surface area contributed by atoms with Crippen LogP contribution in [0.3, 0.4) is 0 Å². The lowest BCUT2D eigenvalue weighted by Crippen LogP contribution is -2.52. The largest absolute Gasteiger partial charge is 0.480 e. The Morgan fingerprint density at radius 1 is 1.07 bits per heavy atom. The number of carboxylic acid groups (broad SMARTS) is 1. The van der Waals surface area contributed by atoms with E-state index in [0.29, 0.717) is 12.8 Å². The van der Waals surface area contributed by atoms with Crippen LogP contribution in [-0.2, 0) is 24.7 Å². The zero-order valence-corrected chi connectivity index (χ0v) is 24.0. The number of carbonyl (C=O) groups excluding carboxylic acids is 2. The molecule has 1 aliphatic heterocycles. The summed E-state index contributed by atoms with van der Waals surface area (Å²) in [5.41, 5.74) is 1.13. The van der Waals surface area contributed by atoms with Crippen LogP contribution in [0, 0.1) is 0 Å². The van der Waals surface area contributed by atoms with Crippen molar-refractivity contribution in [3.63, 3.8) is 0 Å². The summed E-state index contributed by atoms with van der Waals surface area (Å²) in [6.45, 7) is 9.02. The lowest BCUT2D eigenvalue weighted by molar-refractivity contribution is -0.149. The summed E-state index contributed by atoms with van der Waals surface area (Å²) >= 11 is 0. The van der Waals surface area contributed by atoms with E-state index in [1.54, 1.807) is 20.8 Å². The lowest BCUT2D eigenvalue weighted by Gasteiger charge is -2.30. The smallest absolute Gasteiger partial charge is 0.408 e. The molecule has 2 aromatic rings. The first-order valence-corrected chi connectivity index (χ1v) is 13.8. The highest BCUT2D eigenvalue weighted by Crippen LogP contribution is 2.40. The fourth-order valence-corrected chi connectivity index (χ4v) is 5.12. The summed E-state index contributed by atoms with van der Waals surface area (Å²) in [5.74, 6) is -1.57. The Labute approximate surface area is 237 Å². The van der Waals surface area contributed by atoms with Gasteiger partial charge in [-0.15, -0.1) is 6.58 Å². The average molecular weight is 551 g/mol. The number of hydrogen-bond acceptors (Lipinski definition) is 5. The van der Waals surface area contributed by atoms with Gasteiger partial charge in [-0.25, -0.2) is 9.59 Å². The number of allylic oxidation sites excluding steroid dienone is 1. The van der Waals surface area contributed by atoms with Crippen molar-refractivity contribution in [1.82, 2.24) is 10.2 Å². The number of alkyl carbamates (subject to hydrolysis) is 1. The maximum absolute atomic E-state index is 13.9. The van der Waals surface area contributed by atoms with Crippen molar-refractivity contribution in [3.8, 4) is 11.1 Å². The first-order chi connectivity index (χ1) is 19.0. The molecule has 40 heavy (non-hydrogen) atoms. The fraction of sp³-hybridized carbons (Fsp3) is 0.469. The summed E-state index contributed by atoms with van der Waals surface area (Å²) in [4.78, 5) is 40.2. The molecule has 2 amide bonds. The highest BCUT2D eigenvalue weighted by atomic mass is 16.6. The second-order valence-corrected chi connectivity index (χ2v) is 11.3. The number of nitrogens with one attached hydrogen (secondary N) is 1. The van der Waals surface area contributed by atoms with Crippen molar-refractivity contribution in [2.24, 2.45) is 0 Å². The van der Waals surface area contributed by atoms with Crippen LogP contribution in [-0.4, -0.2) is 59.3 Å².